The van der Waals surface area contributed by atoms with Crippen molar-refractivity contribution >= 4 is 24.3 Å². The number of carbonyl (C=O) groups is 2. The summed E-state index contributed by atoms with van der Waals surface area (Å²) < 4.78 is 46.9. The number of hydrogen-bond donors (Lipinski definition) is 1. The van der Waals surface area contributed by atoms with Gasteiger partial charge in [0.1, 0.15) is 12.0 Å². The molecule has 0 amide bonds. The van der Waals surface area contributed by atoms with Crippen LogP contribution in [0, 0.1) is 5.92 Å². The van der Waals surface area contributed by atoms with Crippen molar-refractivity contribution in [1.82, 2.24) is 5.32 Å². The Bertz CT molecular complexity index is 715. The van der Waals surface area contributed by atoms with Crippen molar-refractivity contribution in [2.24, 2.45) is 5.92 Å². The third kappa shape index (κ3) is 3.85. The fourth-order valence-electron chi connectivity index (χ4n) is 3.34. The number of fused-ring (bicyclic) bond motifs is 2. The van der Waals surface area contributed by atoms with Gasteiger partial charge in [0.15, 0.2) is 0 Å². The molecule has 1 aromatic carbocycles. The molecule has 0 aromatic heterocycles. The molecular formula is C17H22ClNO4. The van der Waals surface area contributed by atoms with E-state index < -0.39 is 37.4 Å². The van der Waals surface area contributed by atoms with Crippen LogP contribution in [0.5, 0.6) is 0 Å². The Morgan fingerprint density at radius 3 is 2.87 bits per heavy atom. The molecule has 0 radical (unpaired) electrons. The zero-order valence-corrected chi connectivity index (χ0v) is 13.2. The van der Waals surface area contributed by atoms with Crippen molar-refractivity contribution in [3.8, 4) is 0 Å². The predicted molar refractivity (Wildman–Crippen MR) is 87.6 cm³/mol. The fraction of sp³-hybridized carbons (Fsp3) is 0.529. The Hall–Kier alpha value is -1.59. The lowest BCUT2D eigenvalue weighted by Crippen LogP contribution is -2.53. The van der Waals surface area contributed by atoms with E-state index in [2.05, 4.69) is 5.32 Å². The second-order valence-electron chi connectivity index (χ2n) is 5.64. The monoisotopic (exact) mass is 344 g/mol. The number of benzene rings is 1. The lowest BCUT2D eigenvalue weighted by Gasteiger charge is -2.35. The number of ether oxygens (including phenoxy) is 2. The van der Waals surface area contributed by atoms with E-state index in [4.69, 9.17) is 16.3 Å². The zero-order valence-electron chi connectivity index (χ0n) is 17.4. The molecule has 3 rings (SSSR count). The molecule has 2 heterocycles. The zero-order chi connectivity index (χ0) is 19.8. The van der Waals surface area contributed by atoms with Crippen molar-refractivity contribution in [3.63, 3.8) is 0 Å². The Morgan fingerprint density at radius 1 is 1.35 bits per heavy atom. The molecular weight excluding hydrogens is 318 g/mol. The SMILES string of the molecule is Cl.[2H]C([2H])([2H])C([2H])([2H])OC(=O)[C@H]1[C@@H](OC(=O)c2ccccc2)C[C@@H]2CC[C@H]1N2. The van der Waals surface area contributed by atoms with Gasteiger partial charge >= 0.3 is 11.9 Å². The molecule has 2 aliphatic rings. The summed E-state index contributed by atoms with van der Waals surface area (Å²) in [6, 6.07) is 8.08. The van der Waals surface area contributed by atoms with Gasteiger partial charge in [-0.25, -0.2) is 4.79 Å². The number of halogens is 1. The van der Waals surface area contributed by atoms with Gasteiger partial charge in [0, 0.05) is 22.6 Å². The van der Waals surface area contributed by atoms with Gasteiger partial charge in [0.2, 0.25) is 0 Å². The molecule has 2 saturated heterocycles. The molecule has 0 spiro atoms. The standard InChI is InChI=1S/C17H21NO4.ClH/c1-2-21-17(20)15-13-9-8-12(18-13)10-14(15)22-16(19)11-6-4-3-5-7-11;/h3-7,12-15,18H,2,8-10H2,1H3;1H/t12-,13+,14-,15+;/m0./s1/i1D3,2D2;. The normalized spacial score (nSPS) is 33.0. The van der Waals surface area contributed by atoms with E-state index in [0.29, 0.717) is 18.4 Å². The third-order valence-electron chi connectivity index (χ3n) is 4.32. The number of nitrogens with one attached hydrogen (secondary N) is 1. The molecule has 5 nitrogen and oxygen atoms in total. The largest absolute Gasteiger partial charge is 0.466 e. The summed E-state index contributed by atoms with van der Waals surface area (Å²) in [5.74, 6) is -2.56. The lowest BCUT2D eigenvalue weighted by atomic mass is 9.89. The van der Waals surface area contributed by atoms with Crippen LogP contribution in [0.1, 0.15) is 43.3 Å². The molecule has 6 heteroatoms. The topological polar surface area (TPSA) is 64.6 Å². The number of hydrogen-bond acceptors (Lipinski definition) is 5. The molecule has 23 heavy (non-hydrogen) atoms. The number of rotatable bonds is 4. The van der Waals surface area contributed by atoms with Crippen LogP contribution in [0.4, 0.5) is 0 Å². The van der Waals surface area contributed by atoms with Gasteiger partial charge in [0.05, 0.1) is 14.9 Å². The first-order chi connectivity index (χ1) is 12.6. The second kappa shape index (κ2) is 7.79. The molecule has 126 valence electrons. The van der Waals surface area contributed by atoms with E-state index in [9.17, 15) is 9.59 Å². The fourth-order valence-corrected chi connectivity index (χ4v) is 3.34. The van der Waals surface area contributed by atoms with E-state index >= 15 is 0 Å². The minimum Gasteiger partial charge on any atom is -0.466 e. The summed E-state index contributed by atoms with van der Waals surface area (Å²) in [5, 5.41) is 3.23. The van der Waals surface area contributed by atoms with Crippen molar-refractivity contribution < 1.29 is 25.9 Å². The Kier molecular flexibility index (Phi) is 4.02. The number of piperidine rings is 1. The number of carbonyl (C=O) groups excluding carboxylic acids is 2. The van der Waals surface area contributed by atoms with Crippen molar-refractivity contribution in [2.75, 3.05) is 6.56 Å². The van der Waals surface area contributed by atoms with E-state index in [0.717, 1.165) is 6.42 Å². The minimum atomic E-state index is -3.12. The highest BCUT2D eigenvalue weighted by atomic mass is 35.5. The highest BCUT2D eigenvalue weighted by molar-refractivity contribution is 5.89. The summed E-state index contributed by atoms with van der Waals surface area (Å²) in [5.41, 5.74) is 0.341. The first kappa shape index (κ1) is 11.9. The van der Waals surface area contributed by atoms with Gasteiger partial charge < -0.3 is 14.8 Å². The van der Waals surface area contributed by atoms with E-state index in [-0.39, 0.29) is 24.5 Å². The highest BCUT2D eigenvalue weighted by Gasteiger charge is 2.47. The second-order valence-corrected chi connectivity index (χ2v) is 5.64. The average molecular weight is 345 g/mol. The van der Waals surface area contributed by atoms with E-state index in [1.807, 2.05) is 0 Å². The summed E-state index contributed by atoms with van der Waals surface area (Å²) in [6.07, 6.45) is 1.00. The quantitative estimate of drug-likeness (QED) is 0.849. The predicted octanol–water partition coefficient (Wildman–Crippen LogP) is 2.34. The van der Waals surface area contributed by atoms with Crippen LogP contribution in [0.3, 0.4) is 0 Å². The smallest absolute Gasteiger partial charge is 0.338 e. The van der Waals surface area contributed by atoms with Gasteiger partial charge in [-0.2, -0.15) is 0 Å². The van der Waals surface area contributed by atoms with Crippen molar-refractivity contribution in [1.29, 1.82) is 0 Å². The number of esters is 2. The molecule has 0 unspecified atom stereocenters. The molecule has 0 aliphatic carbocycles. The molecule has 2 aliphatic heterocycles. The van der Waals surface area contributed by atoms with Gasteiger partial charge in [-0.3, -0.25) is 4.79 Å². The highest BCUT2D eigenvalue weighted by Crippen LogP contribution is 2.34. The van der Waals surface area contributed by atoms with Crippen LogP contribution >= 0.6 is 12.4 Å². The van der Waals surface area contributed by atoms with Crippen molar-refractivity contribution in [3.05, 3.63) is 35.9 Å². The third-order valence-corrected chi connectivity index (χ3v) is 4.32. The van der Waals surface area contributed by atoms with Crippen LogP contribution in [-0.4, -0.2) is 36.7 Å². The molecule has 2 fully saturated rings. The maximum atomic E-state index is 12.6. The molecule has 2 bridgehead atoms. The van der Waals surface area contributed by atoms with Crippen molar-refractivity contribution in [2.45, 2.75) is 44.3 Å². The van der Waals surface area contributed by atoms with Crippen LogP contribution < -0.4 is 5.32 Å². The molecule has 0 saturated carbocycles. The van der Waals surface area contributed by atoms with Gasteiger partial charge in [-0.05, 0) is 31.8 Å². The molecule has 1 aromatic rings. The summed E-state index contributed by atoms with van der Waals surface area (Å²) in [7, 11) is 0. The Morgan fingerprint density at radius 2 is 2.13 bits per heavy atom. The average Bonchev–Trinajstić information content (AvgIpc) is 2.95. The maximum absolute atomic E-state index is 12.6. The van der Waals surface area contributed by atoms with Crippen LogP contribution in [0.25, 0.3) is 0 Å². The van der Waals surface area contributed by atoms with Gasteiger partial charge in [-0.15, -0.1) is 12.4 Å². The van der Waals surface area contributed by atoms with Gasteiger partial charge in [0.25, 0.3) is 0 Å². The summed E-state index contributed by atoms with van der Waals surface area (Å²) in [4.78, 5) is 25.0. The Balaban J connectivity index is 0.00000280. The summed E-state index contributed by atoms with van der Waals surface area (Å²) in [6.45, 7) is -6.23. The summed E-state index contributed by atoms with van der Waals surface area (Å²) >= 11 is 0. The molecule has 4 atom stereocenters. The first-order valence-electron chi connectivity index (χ1n) is 9.83. The Labute approximate surface area is 149 Å². The van der Waals surface area contributed by atoms with Crippen LogP contribution in [-0.2, 0) is 14.3 Å². The van der Waals surface area contributed by atoms with Crippen LogP contribution in [0.15, 0.2) is 30.3 Å². The first-order valence-corrected chi connectivity index (χ1v) is 7.33. The minimum absolute atomic E-state index is 0. The van der Waals surface area contributed by atoms with E-state index in [1.165, 1.54) is 0 Å². The maximum Gasteiger partial charge on any atom is 0.338 e. The molecule has 1 N–H and O–H groups in total. The van der Waals surface area contributed by atoms with Gasteiger partial charge in [-0.1, -0.05) is 18.2 Å². The van der Waals surface area contributed by atoms with Crippen LogP contribution in [0.2, 0.25) is 0 Å². The van der Waals surface area contributed by atoms with E-state index in [1.54, 1.807) is 30.3 Å². The lowest BCUT2D eigenvalue weighted by molar-refractivity contribution is -0.155.